The van der Waals surface area contributed by atoms with Crippen LogP contribution in [0.5, 0.6) is 5.75 Å². The van der Waals surface area contributed by atoms with Crippen LogP contribution in [0, 0.1) is 17.7 Å². The predicted molar refractivity (Wildman–Crippen MR) is 100 cm³/mol. The number of ether oxygens (including phenoxy) is 1. The Labute approximate surface area is 165 Å². The molecule has 2 aromatic heterocycles. The SMILES string of the molecule is CC(O)(C#Cc1cc2c(cc1F)OCCn1cc(C(N)=O)nc1-2)c1cnccn1. The number of nitrogens with zero attached hydrogens (tertiary/aromatic N) is 4. The van der Waals surface area contributed by atoms with Crippen molar-refractivity contribution in [2.24, 2.45) is 5.73 Å². The molecule has 4 rings (SSSR count). The van der Waals surface area contributed by atoms with E-state index < -0.39 is 17.3 Å². The molecule has 0 saturated carbocycles. The predicted octanol–water partition coefficient (Wildman–Crippen LogP) is 1.23. The number of fused-ring (bicyclic) bond motifs is 3. The number of benzene rings is 1. The Morgan fingerprint density at radius 1 is 1.41 bits per heavy atom. The van der Waals surface area contributed by atoms with Gasteiger partial charge in [-0.3, -0.25) is 14.8 Å². The van der Waals surface area contributed by atoms with Crippen LogP contribution in [0.2, 0.25) is 0 Å². The lowest BCUT2D eigenvalue weighted by atomic mass is 10.0. The number of halogens is 1. The highest BCUT2D eigenvalue weighted by molar-refractivity contribution is 5.91. The molecule has 3 heterocycles. The van der Waals surface area contributed by atoms with Crippen LogP contribution in [0.1, 0.15) is 28.7 Å². The minimum absolute atomic E-state index is 0.0357. The number of imidazole rings is 1. The molecule has 3 aromatic rings. The van der Waals surface area contributed by atoms with Gasteiger partial charge in [0.2, 0.25) is 0 Å². The molecule has 8 nitrogen and oxygen atoms in total. The molecule has 0 fully saturated rings. The zero-order valence-electron chi connectivity index (χ0n) is 15.4. The second-order valence-electron chi connectivity index (χ2n) is 6.60. The minimum atomic E-state index is -1.62. The van der Waals surface area contributed by atoms with E-state index in [0.717, 1.165) is 0 Å². The van der Waals surface area contributed by atoms with E-state index in [4.69, 9.17) is 10.5 Å². The number of carbonyl (C=O) groups excluding carboxylic acids is 1. The third-order valence-electron chi connectivity index (χ3n) is 4.43. The van der Waals surface area contributed by atoms with Gasteiger partial charge in [0.15, 0.2) is 5.60 Å². The summed E-state index contributed by atoms with van der Waals surface area (Å²) in [6, 6.07) is 2.68. The zero-order valence-corrected chi connectivity index (χ0v) is 15.4. The number of carbonyl (C=O) groups is 1. The maximum atomic E-state index is 14.6. The van der Waals surface area contributed by atoms with Crippen LogP contribution in [0.3, 0.4) is 0 Å². The fourth-order valence-corrected chi connectivity index (χ4v) is 2.92. The van der Waals surface area contributed by atoms with E-state index in [0.29, 0.717) is 17.9 Å². The number of primary amides is 1. The lowest BCUT2D eigenvalue weighted by Crippen LogP contribution is -2.20. The van der Waals surface area contributed by atoms with Crippen molar-refractivity contribution in [2.45, 2.75) is 19.1 Å². The van der Waals surface area contributed by atoms with Gasteiger partial charge in [-0.05, 0) is 13.0 Å². The fourth-order valence-electron chi connectivity index (χ4n) is 2.92. The molecule has 29 heavy (non-hydrogen) atoms. The first-order valence-electron chi connectivity index (χ1n) is 8.71. The highest BCUT2D eigenvalue weighted by atomic mass is 19.1. The van der Waals surface area contributed by atoms with Crippen molar-refractivity contribution in [3.63, 3.8) is 0 Å². The van der Waals surface area contributed by atoms with E-state index >= 15 is 0 Å². The monoisotopic (exact) mass is 393 g/mol. The topological polar surface area (TPSA) is 116 Å². The van der Waals surface area contributed by atoms with Crippen molar-refractivity contribution < 1.29 is 19.0 Å². The minimum Gasteiger partial charge on any atom is -0.491 e. The summed E-state index contributed by atoms with van der Waals surface area (Å²) in [6.45, 7) is 2.15. The molecular formula is C20H16FN5O3. The van der Waals surface area contributed by atoms with E-state index in [-0.39, 0.29) is 29.3 Å². The molecule has 9 heteroatoms. The van der Waals surface area contributed by atoms with Crippen molar-refractivity contribution in [1.29, 1.82) is 0 Å². The Hall–Kier alpha value is -3.77. The van der Waals surface area contributed by atoms with Crippen LogP contribution in [0.15, 0.2) is 36.9 Å². The molecule has 1 aliphatic rings. The highest BCUT2D eigenvalue weighted by Crippen LogP contribution is 2.34. The van der Waals surface area contributed by atoms with Gasteiger partial charge < -0.3 is 20.1 Å². The summed E-state index contributed by atoms with van der Waals surface area (Å²) in [7, 11) is 0. The fraction of sp³-hybridized carbons (Fsp3) is 0.200. The van der Waals surface area contributed by atoms with Gasteiger partial charge in [0.25, 0.3) is 5.91 Å². The Morgan fingerprint density at radius 2 is 2.24 bits per heavy atom. The lowest BCUT2D eigenvalue weighted by molar-refractivity contribution is 0.0995. The van der Waals surface area contributed by atoms with E-state index in [9.17, 15) is 14.3 Å². The third kappa shape index (κ3) is 3.53. The van der Waals surface area contributed by atoms with Crippen molar-refractivity contribution in [3.8, 4) is 29.0 Å². The number of hydrogen-bond donors (Lipinski definition) is 2. The Morgan fingerprint density at radius 3 is 2.97 bits per heavy atom. The molecular weight excluding hydrogens is 377 g/mol. The van der Waals surface area contributed by atoms with Crippen LogP contribution in [-0.2, 0) is 12.1 Å². The second kappa shape index (κ2) is 7.00. The molecule has 0 saturated heterocycles. The molecule has 3 N–H and O–H groups in total. The van der Waals surface area contributed by atoms with Gasteiger partial charge in [-0.15, -0.1) is 0 Å². The smallest absolute Gasteiger partial charge is 0.268 e. The van der Waals surface area contributed by atoms with Gasteiger partial charge in [0.1, 0.15) is 35.4 Å². The van der Waals surface area contributed by atoms with Crippen LogP contribution >= 0.6 is 0 Å². The van der Waals surface area contributed by atoms with Gasteiger partial charge in [0.05, 0.1) is 23.9 Å². The molecule has 1 amide bonds. The summed E-state index contributed by atoms with van der Waals surface area (Å²) in [6.07, 6.45) is 5.82. The third-order valence-corrected chi connectivity index (χ3v) is 4.43. The number of aromatic nitrogens is 4. The normalized spacial score (nSPS) is 14.3. The number of aliphatic hydroxyl groups is 1. The van der Waals surface area contributed by atoms with Crippen molar-refractivity contribution in [2.75, 3.05) is 6.61 Å². The van der Waals surface area contributed by atoms with Crippen LogP contribution in [0.25, 0.3) is 11.4 Å². The van der Waals surface area contributed by atoms with Crippen LogP contribution in [-0.4, -0.2) is 37.1 Å². The standard InChI is InChI=1S/C20H16FN5O3/c1-20(28,17-10-23-4-5-24-17)3-2-12-8-13-16(9-14(12)21)29-7-6-26-11-15(18(22)27)25-19(13)26/h4-5,8-11,28H,6-7H2,1H3,(H2,22,27). The number of rotatable bonds is 2. The highest BCUT2D eigenvalue weighted by Gasteiger charge is 2.24. The summed E-state index contributed by atoms with van der Waals surface area (Å²) in [4.78, 5) is 23.7. The quantitative estimate of drug-likeness (QED) is 0.633. The summed E-state index contributed by atoms with van der Waals surface area (Å²) in [5, 5.41) is 10.6. The number of amides is 1. The van der Waals surface area contributed by atoms with Gasteiger partial charge in [-0.1, -0.05) is 11.8 Å². The van der Waals surface area contributed by atoms with Gasteiger partial charge in [0, 0.05) is 24.7 Å². The van der Waals surface area contributed by atoms with Crippen LogP contribution < -0.4 is 10.5 Å². The molecule has 1 unspecified atom stereocenters. The summed E-state index contributed by atoms with van der Waals surface area (Å²) < 4.78 is 21.9. The number of nitrogens with two attached hydrogens (primary N) is 1. The van der Waals surface area contributed by atoms with Gasteiger partial charge in [-0.25, -0.2) is 9.37 Å². The first kappa shape index (κ1) is 18.6. The first-order valence-corrected chi connectivity index (χ1v) is 8.71. The van der Waals surface area contributed by atoms with Crippen molar-refractivity contribution in [3.05, 3.63) is 59.7 Å². The van der Waals surface area contributed by atoms with E-state index in [1.807, 2.05) is 0 Å². The summed E-state index contributed by atoms with van der Waals surface area (Å²) in [5.74, 6) is 4.72. The number of hydrogen-bond acceptors (Lipinski definition) is 6. The molecule has 0 bridgehead atoms. The first-order chi connectivity index (χ1) is 13.8. The molecule has 1 aliphatic heterocycles. The summed E-state index contributed by atoms with van der Waals surface area (Å²) >= 11 is 0. The molecule has 0 radical (unpaired) electrons. The molecule has 0 aliphatic carbocycles. The molecule has 1 atom stereocenters. The average Bonchev–Trinajstić information content (AvgIpc) is 3.05. The summed E-state index contributed by atoms with van der Waals surface area (Å²) in [5.41, 5.74) is 4.56. The van der Waals surface area contributed by atoms with E-state index in [1.165, 1.54) is 43.8 Å². The van der Waals surface area contributed by atoms with E-state index in [2.05, 4.69) is 26.8 Å². The average molecular weight is 393 g/mol. The molecule has 1 aromatic carbocycles. The largest absolute Gasteiger partial charge is 0.491 e. The second-order valence-corrected chi connectivity index (χ2v) is 6.60. The molecule has 0 spiro atoms. The van der Waals surface area contributed by atoms with Gasteiger partial charge >= 0.3 is 0 Å². The maximum Gasteiger partial charge on any atom is 0.268 e. The maximum absolute atomic E-state index is 14.6. The Bertz CT molecular complexity index is 1160. The van der Waals surface area contributed by atoms with Crippen molar-refractivity contribution in [1.82, 2.24) is 19.5 Å². The van der Waals surface area contributed by atoms with Crippen molar-refractivity contribution >= 4 is 5.91 Å². The molecule has 146 valence electrons. The van der Waals surface area contributed by atoms with Gasteiger partial charge in [-0.2, -0.15) is 0 Å². The Kier molecular flexibility index (Phi) is 4.48. The zero-order chi connectivity index (χ0) is 20.6. The van der Waals surface area contributed by atoms with Crippen LogP contribution in [0.4, 0.5) is 4.39 Å². The Balaban J connectivity index is 1.79. The lowest BCUT2D eigenvalue weighted by Gasteiger charge is -2.14. The van der Waals surface area contributed by atoms with E-state index in [1.54, 1.807) is 4.57 Å².